The van der Waals surface area contributed by atoms with Gasteiger partial charge in [-0.05, 0) is 85.1 Å². The van der Waals surface area contributed by atoms with E-state index in [0.717, 1.165) is 66.7 Å². The summed E-state index contributed by atoms with van der Waals surface area (Å²) in [6, 6.07) is 16.1. The molecule has 0 atom stereocenters. The van der Waals surface area contributed by atoms with E-state index >= 15 is 0 Å². The van der Waals surface area contributed by atoms with E-state index in [1.807, 2.05) is 19.2 Å². The number of nitro groups is 1. The quantitative estimate of drug-likeness (QED) is 0.124. The molecule has 0 saturated carbocycles. The number of hydrogen-bond acceptors (Lipinski definition) is 7. The Balaban J connectivity index is 0.000000217. The van der Waals surface area contributed by atoms with Crippen molar-refractivity contribution in [1.29, 1.82) is 0 Å². The Morgan fingerprint density at radius 1 is 0.975 bits per heavy atom. The van der Waals surface area contributed by atoms with E-state index in [0.29, 0.717) is 6.04 Å². The van der Waals surface area contributed by atoms with E-state index in [2.05, 4.69) is 91.9 Å². The number of hydrogen-bond donors (Lipinski definition) is 1. The second-order valence-corrected chi connectivity index (χ2v) is 11.2. The van der Waals surface area contributed by atoms with Crippen LogP contribution in [-0.4, -0.2) is 47.1 Å². The van der Waals surface area contributed by atoms with Gasteiger partial charge in [-0.25, -0.2) is 9.97 Å². The van der Waals surface area contributed by atoms with E-state index in [4.69, 9.17) is 0 Å². The maximum absolute atomic E-state index is 10.7. The number of nitro benzene ring substituents is 1. The summed E-state index contributed by atoms with van der Waals surface area (Å²) in [5, 5.41) is 14.1. The Morgan fingerprint density at radius 2 is 1.55 bits per heavy atom. The molecule has 1 aromatic heterocycles. The zero-order valence-corrected chi connectivity index (χ0v) is 27.8. The molecule has 1 N–H and O–H groups in total. The Hall–Kier alpha value is -1.95. The Bertz CT molecular complexity index is 1240. The van der Waals surface area contributed by atoms with Crippen LogP contribution in [0.1, 0.15) is 43.9 Å². The van der Waals surface area contributed by atoms with E-state index in [9.17, 15) is 10.1 Å². The van der Waals surface area contributed by atoms with Crippen LogP contribution in [0.15, 0.2) is 59.2 Å². The molecule has 2 aliphatic heterocycles. The van der Waals surface area contributed by atoms with Gasteiger partial charge in [0.2, 0.25) is 5.95 Å². The molecule has 2 aromatic carbocycles. The molecule has 40 heavy (non-hydrogen) atoms. The third-order valence-electron chi connectivity index (χ3n) is 7.30. The topological polar surface area (TPSA) is 87.4 Å². The van der Waals surface area contributed by atoms with Crippen LogP contribution >= 0.6 is 36.3 Å². The molecule has 0 amide bonds. The second kappa shape index (κ2) is 16.5. The maximum atomic E-state index is 10.7. The zero-order chi connectivity index (χ0) is 29.1. The fourth-order valence-corrected chi connectivity index (χ4v) is 5.07. The minimum absolute atomic E-state index is 0.177. The fraction of sp³-hybridized carbons (Fsp3) is 0.448. The number of halogens is 2. The monoisotopic (exact) mass is 770 g/mol. The molecule has 0 spiro atoms. The molecule has 0 unspecified atom stereocenters. The number of non-ortho nitro benzene ring substituents is 1. The van der Waals surface area contributed by atoms with E-state index in [1.165, 1.54) is 30.2 Å². The molecule has 3 aromatic rings. The molecular formula is C29H37BrCuIN6O2. The average molecular weight is 772 g/mol. The van der Waals surface area contributed by atoms with E-state index < -0.39 is 0 Å². The van der Waals surface area contributed by atoms with Gasteiger partial charge in [0, 0.05) is 61.9 Å². The molecule has 0 bridgehead atoms. The van der Waals surface area contributed by atoms with Crippen molar-refractivity contribution in [3.05, 3.63) is 80.6 Å². The number of aromatic nitrogens is 2. The fourth-order valence-electron chi connectivity index (χ4n) is 4.88. The molecule has 220 valence electrons. The van der Waals surface area contributed by atoms with Crippen molar-refractivity contribution in [1.82, 2.24) is 9.97 Å². The number of nitrogens with one attached hydrogen (secondary N) is 1. The van der Waals surface area contributed by atoms with Gasteiger partial charge >= 0.3 is 33.1 Å². The summed E-state index contributed by atoms with van der Waals surface area (Å²) < 4.78 is 0.951. The van der Waals surface area contributed by atoms with Crippen molar-refractivity contribution in [3.63, 3.8) is 0 Å². The van der Waals surface area contributed by atoms with Gasteiger partial charge in [0.1, 0.15) is 0 Å². The van der Waals surface area contributed by atoms with Gasteiger partial charge < -0.3 is 15.1 Å². The first kappa shape index (κ1) is 32.6. The van der Waals surface area contributed by atoms with Crippen molar-refractivity contribution in [2.45, 2.75) is 52.5 Å². The molecule has 5 rings (SSSR count). The van der Waals surface area contributed by atoms with Crippen LogP contribution in [0.4, 0.5) is 23.0 Å². The number of benzene rings is 2. The standard InChI is InChI=1S/C17H21BrN4.C12H16N2O2.Cu.HI/c1-12-4-3-5-15(10-12)22-8-6-14(7-9-22)21-17-19-11-16(18)13(2)20-17;1-10-5-7-13(8-6-10)11-3-2-4-12(9-11)14(15)16;;/h3-5,10-11,14H,6-9H2,1-2H3,(H,19,20,21);2-4,9-10H,5-8H2,1H3;;1H/q;;+1;/p-1. The van der Waals surface area contributed by atoms with Gasteiger partial charge in [-0.1, -0.05) is 25.1 Å². The van der Waals surface area contributed by atoms with Crippen LogP contribution < -0.4 is 15.1 Å². The van der Waals surface area contributed by atoms with Crippen molar-refractivity contribution in [2.75, 3.05) is 41.3 Å². The summed E-state index contributed by atoms with van der Waals surface area (Å²) in [5.41, 5.74) is 4.76. The predicted octanol–water partition coefficient (Wildman–Crippen LogP) is 7.65. The van der Waals surface area contributed by atoms with Crippen molar-refractivity contribution < 1.29 is 17.7 Å². The molecule has 2 aliphatic rings. The number of aryl methyl sites for hydroxylation is 2. The van der Waals surface area contributed by atoms with Crippen LogP contribution in [0, 0.1) is 29.9 Å². The molecule has 3 heterocycles. The van der Waals surface area contributed by atoms with Crippen molar-refractivity contribution >= 4 is 59.3 Å². The van der Waals surface area contributed by atoms with Gasteiger partial charge in [-0.3, -0.25) is 10.1 Å². The number of rotatable bonds is 5. The molecule has 0 aliphatic carbocycles. The van der Waals surface area contributed by atoms with Crippen LogP contribution in [0.2, 0.25) is 0 Å². The predicted molar refractivity (Wildman–Crippen MR) is 172 cm³/mol. The molecular weight excluding hydrogens is 735 g/mol. The SMILES string of the molecule is CC1CCN(c2cccc([N+](=O)[O-])c2)CC1.Cc1cccc(N2CCC(Nc3ncc(Br)c(C)n3)CC2)c1.[Cu][I]. The van der Waals surface area contributed by atoms with Crippen molar-refractivity contribution in [2.24, 2.45) is 5.92 Å². The first-order chi connectivity index (χ1) is 19.3. The molecule has 8 nitrogen and oxygen atoms in total. The zero-order valence-electron chi connectivity index (χ0n) is 23.1. The summed E-state index contributed by atoms with van der Waals surface area (Å²) >= 11 is 9.30. The van der Waals surface area contributed by atoms with Gasteiger partial charge in [-0.15, -0.1) is 0 Å². The molecule has 2 fully saturated rings. The van der Waals surface area contributed by atoms with Crippen LogP contribution in [0.5, 0.6) is 0 Å². The molecule has 2 saturated heterocycles. The van der Waals surface area contributed by atoms with Gasteiger partial charge in [0.05, 0.1) is 15.1 Å². The summed E-state index contributed by atoms with van der Waals surface area (Å²) in [5.74, 6) is 1.50. The summed E-state index contributed by atoms with van der Waals surface area (Å²) in [6.45, 7) is 10.5. The second-order valence-electron chi connectivity index (χ2n) is 10.3. The minimum atomic E-state index is -0.337. The van der Waals surface area contributed by atoms with Gasteiger partial charge in [-0.2, -0.15) is 0 Å². The number of piperidine rings is 2. The van der Waals surface area contributed by atoms with Gasteiger partial charge in [0.25, 0.3) is 5.69 Å². The Labute approximate surface area is 265 Å². The number of nitrogens with zero attached hydrogens (tertiary/aromatic N) is 5. The summed E-state index contributed by atoms with van der Waals surface area (Å²) in [6.07, 6.45) is 6.36. The molecule has 0 radical (unpaired) electrons. The normalized spacial score (nSPS) is 15.9. The van der Waals surface area contributed by atoms with Crippen LogP contribution in [0.3, 0.4) is 0 Å². The Kier molecular flexibility index (Phi) is 13.4. The molecule has 11 heteroatoms. The van der Waals surface area contributed by atoms with Crippen LogP contribution in [-0.2, 0) is 12.8 Å². The third-order valence-corrected chi connectivity index (χ3v) is 8.08. The van der Waals surface area contributed by atoms with E-state index in [-0.39, 0.29) is 10.6 Å². The summed E-state index contributed by atoms with van der Waals surface area (Å²) in [7, 11) is 0. The first-order valence-corrected chi connectivity index (χ1v) is 17.3. The first-order valence-electron chi connectivity index (χ1n) is 13.5. The van der Waals surface area contributed by atoms with E-state index in [1.54, 1.807) is 32.5 Å². The van der Waals surface area contributed by atoms with Gasteiger partial charge in [0.15, 0.2) is 0 Å². The Morgan fingerprint density at radius 3 is 2.12 bits per heavy atom. The number of anilines is 3. The average Bonchev–Trinajstić information content (AvgIpc) is 2.97. The van der Waals surface area contributed by atoms with Crippen LogP contribution in [0.25, 0.3) is 0 Å². The summed E-state index contributed by atoms with van der Waals surface area (Å²) in [4.78, 5) is 23.8. The third kappa shape index (κ3) is 9.85. The van der Waals surface area contributed by atoms with Crippen molar-refractivity contribution in [3.8, 4) is 0 Å².